The van der Waals surface area contributed by atoms with Crippen molar-refractivity contribution in [2.45, 2.75) is 31.5 Å². The van der Waals surface area contributed by atoms with Crippen LogP contribution in [0.5, 0.6) is 0 Å². The largest absolute Gasteiger partial charge is 0.479 e. The predicted molar refractivity (Wildman–Crippen MR) is 68.0 cm³/mol. The number of hydrogen-bond donors (Lipinski definition) is 1. The number of fused-ring (bicyclic) bond motifs is 1. The van der Waals surface area contributed by atoms with Crippen LogP contribution < -0.4 is 4.90 Å². The summed E-state index contributed by atoms with van der Waals surface area (Å²) in [5, 5.41) is 8.87. The van der Waals surface area contributed by atoms with Crippen molar-refractivity contribution in [1.29, 1.82) is 0 Å². The molecule has 2 aliphatic rings. The zero-order valence-electron chi connectivity index (χ0n) is 10.7. The van der Waals surface area contributed by atoms with Gasteiger partial charge in [-0.05, 0) is 31.4 Å². The third-order valence-corrected chi connectivity index (χ3v) is 3.81. The van der Waals surface area contributed by atoms with E-state index >= 15 is 0 Å². The standard InChI is InChI=1S/C14H14FNO4/c15-9-2-1-3-10-8(9)6-7-16(10)13(17)11-4-5-12(20-11)14(18)19/h1-3,11-12H,4-7H2,(H,18,19)/t11-,12+/m0/s1. The van der Waals surface area contributed by atoms with E-state index in [9.17, 15) is 14.0 Å². The maximum atomic E-state index is 13.6. The lowest BCUT2D eigenvalue weighted by molar-refractivity contribution is -0.151. The first-order valence-corrected chi connectivity index (χ1v) is 6.55. The Kier molecular flexibility index (Phi) is 3.17. The summed E-state index contributed by atoms with van der Waals surface area (Å²) in [6, 6.07) is 4.64. The molecular formula is C14H14FNO4. The van der Waals surface area contributed by atoms with Crippen LogP contribution in [-0.4, -0.2) is 35.7 Å². The van der Waals surface area contributed by atoms with Gasteiger partial charge in [0.1, 0.15) is 11.9 Å². The molecule has 1 aromatic rings. The van der Waals surface area contributed by atoms with E-state index in [1.165, 1.54) is 11.0 Å². The molecule has 20 heavy (non-hydrogen) atoms. The van der Waals surface area contributed by atoms with E-state index in [-0.39, 0.29) is 11.7 Å². The number of carboxylic acids is 1. The van der Waals surface area contributed by atoms with Gasteiger partial charge in [-0.2, -0.15) is 0 Å². The van der Waals surface area contributed by atoms with Crippen LogP contribution >= 0.6 is 0 Å². The number of nitrogens with zero attached hydrogens (tertiary/aromatic N) is 1. The highest BCUT2D eigenvalue weighted by Gasteiger charge is 2.39. The van der Waals surface area contributed by atoms with E-state index in [1.807, 2.05) is 0 Å². The van der Waals surface area contributed by atoms with E-state index in [4.69, 9.17) is 9.84 Å². The molecule has 0 spiro atoms. The number of hydrogen-bond acceptors (Lipinski definition) is 3. The average Bonchev–Trinajstić information content (AvgIpc) is 3.05. The number of halogens is 1. The summed E-state index contributed by atoms with van der Waals surface area (Å²) in [5.41, 5.74) is 1.10. The van der Waals surface area contributed by atoms with Gasteiger partial charge in [0.15, 0.2) is 6.10 Å². The van der Waals surface area contributed by atoms with Crippen LogP contribution in [0.1, 0.15) is 18.4 Å². The van der Waals surface area contributed by atoms with Crippen LogP contribution in [0.15, 0.2) is 18.2 Å². The number of amides is 1. The normalized spacial score (nSPS) is 24.8. The van der Waals surface area contributed by atoms with Crippen LogP contribution in [0.4, 0.5) is 10.1 Å². The first-order chi connectivity index (χ1) is 9.58. The van der Waals surface area contributed by atoms with Crippen molar-refractivity contribution >= 4 is 17.6 Å². The summed E-state index contributed by atoms with van der Waals surface area (Å²) in [6.07, 6.45) is -0.473. The van der Waals surface area contributed by atoms with E-state index in [0.29, 0.717) is 37.1 Å². The van der Waals surface area contributed by atoms with E-state index in [0.717, 1.165) is 0 Å². The number of aliphatic carboxylic acids is 1. The van der Waals surface area contributed by atoms with Gasteiger partial charge in [0, 0.05) is 17.8 Å². The van der Waals surface area contributed by atoms with Gasteiger partial charge in [0.2, 0.25) is 0 Å². The number of carbonyl (C=O) groups excluding carboxylic acids is 1. The minimum atomic E-state index is -1.05. The molecule has 0 aromatic heterocycles. The summed E-state index contributed by atoms with van der Waals surface area (Å²) in [4.78, 5) is 24.7. The highest BCUT2D eigenvalue weighted by Crippen LogP contribution is 2.32. The van der Waals surface area contributed by atoms with Crippen molar-refractivity contribution in [3.05, 3.63) is 29.6 Å². The molecule has 1 N–H and O–H groups in total. The Bertz CT molecular complexity index is 574. The topological polar surface area (TPSA) is 66.8 Å². The molecule has 0 bridgehead atoms. The van der Waals surface area contributed by atoms with Gasteiger partial charge in [-0.25, -0.2) is 9.18 Å². The molecule has 1 amide bonds. The van der Waals surface area contributed by atoms with Crippen molar-refractivity contribution in [2.75, 3.05) is 11.4 Å². The lowest BCUT2D eigenvalue weighted by atomic mass is 10.1. The number of anilines is 1. The van der Waals surface area contributed by atoms with Gasteiger partial charge in [-0.15, -0.1) is 0 Å². The minimum Gasteiger partial charge on any atom is -0.479 e. The predicted octanol–water partition coefficient (Wildman–Crippen LogP) is 1.35. The molecule has 2 heterocycles. The van der Waals surface area contributed by atoms with Crippen LogP contribution in [0.2, 0.25) is 0 Å². The SMILES string of the molecule is O=C(O)[C@H]1CC[C@@H](C(=O)N2CCc3c(F)cccc32)O1. The van der Waals surface area contributed by atoms with Gasteiger partial charge >= 0.3 is 5.97 Å². The zero-order valence-corrected chi connectivity index (χ0v) is 10.7. The lowest BCUT2D eigenvalue weighted by Crippen LogP contribution is -2.38. The first kappa shape index (κ1) is 13.1. The second-order valence-electron chi connectivity index (χ2n) is 5.01. The van der Waals surface area contributed by atoms with E-state index in [2.05, 4.69) is 0 Å². The summed E-state index contributed by atoms with van der Waals surface area (Å²) in [6.45, 7) is 0.409. The van der Waals surface area contributed by atoms with Crippen molar-refractivity contribution in [3.63, 3.8) is 0 Å². The smallest absolute Gasteiger partial charge is 0.332 e. The van der Waals surface area contributed by atoms with Gasteiger partial charge in [0.25, 0.3) is 5.91 Å². The Morgan fingerprint density at radius 1 is 1.30 bits per heavy atom. The fraction of sp³-hybridized carbons (Fsp3) is 0.429. The average molecular weight is 279 g/mol. The van der Waals surface area contributed by atoms with Gasteiger partial charge < -0.3 is 14.7 Å². The van der Waals surface area contributed by atoms with Gasteiger partial charge in [-0.3, -0.25) is 4.79 Å². The molecule has 0 unspecified atom stereocenters. The Labute approximate surface area is 114 Å². The van der Waals surface area contributed by atoms with E-state index < -0.39 is 18.2 Å². The molecule has 5 nitrogen and oxygen atoms in total. The van der Waals surface area contributed by atoms with Gasteiger partial charge in [0.05, 0.1) is 0 Å². The molecule has 0 saturated carbocycles. The maximum Gasteiger partial charge on any atom is 0.332 e. The molecule has 0 aliphatic carbocycles. The van der Waals surface area contributed by atoms with Crippen LogP contribution in [0.25, 0.3) is 0 Å². The fourth-order valence-electron chi connectivity index (χ4n) is 2.79. The quantitative estimate of drug-likeness (QED) is 0.887. The highest BCUT2D eigenvalue weighted by atomic mass is 19.1. The maximum absolute atomic E-state index is 13.6. The minimum absolute atomic E-state index is 0.280. The molecule has 1 fully saturated rings. The number of carboxylic acid groups (broad SMARTS) is 1. The summed E-state index contributed by atoms with van der Waals surface area (Å²) >= 11 is 0. The molecule has 2 aliphatic heterocycles. The second kappa shape index (κ2) is 4.86. The molecule has 0 radical (unpaired) electrons. The number of rotatable bonds is 2. The third kappa shape index (κ3) is 2.06. The van der Waals surface area contributed by atoms with Crippen molar-refractivity contribution in [1.82, 2.24) is 0 Å². The molecule has 2 atom stereocenters. The van der Waals surface area contributed by atoms with Gasteiger partial charge in [-0.1, -0.05) is 6.07 Å². The molecule has 106 valence electrons. The lowest BCUT2D eigenvalue weighted by Gasteiger charge is -2.21. The summed E-state index contributed by atoms with van der Waals surface area (Å²) in [7, 11) is 0. The van der Waals surface area contributed by atoms with E-state index in [1.54, 1.807) is 12.1 Å². The first-order valence-electron chi connectivity index (χ1n) is 6.55. The number of benzene rings is 1. The molecule has 1 aromatic carbocycles. The molecule has 6 heteroatoms. The summed E-state index contributed by atoms with van der Waals surface area (Å²) < 4.78 is 18.9. The van der Waals surface area contributed by atoms with Crippen molar-refractivity contribution < 1.29 is 23.8 Å². The fourth-order valence-corrected chi connectivity index (χ4v) is 2.79. The Hall–Kier alpha value is -1.95. The number of ether oxygens (including phenoxy) is 1. The van der Waals surface area contributed by atoms with Crippen LogP contribution in [0, 0.1) is 5.82 Å². The number of carbonyl (C=O) groups is 2. The molecule has 3 rings (SSSR count). The third-order valence-electron chi connectivity index (χ3n) is 3.81. The monoisotopic (exact) mass is 279 g/mol. The van der Waals surface area contributed by atoms with Crippen molar-refractivity contribution in [3.8, 4) is 0 Å². The van der Waals surface area contributed by atoms with Crippen LogP contribution in [0.3, 0.4) is 0 Å². The zero-order chi connectivity index (χ0) is 14.3. The molecular weight excluding hydrogens is 265 g/mol. The second-order valence-corrected chi connectivity index (χ2v) is 5.01. The highest BCUT2D eigenvalue weighted by molar-refractivity contribution is 5.98. The van der Waals surface area contributed by atoms with Crippen LogP contribution in [-0.2, 0) is 20.7 Å². The summed E-state index contributed by atoms with van der Waals surface area (Å²) in [5.74, 6) is -1.64. The van der Waals surface area contributed by atoms with Crippen molar-refractivity contribution in [2.24, 2.45) is 0 Å². The Morgan fingerprint density at radius 2 is 2.05 bits per heavy atom. The molecule has 1 saturated heterocycles. The Morgan fingerprint density at radius 3 is 2.75 bits per heavy atom. The Balaban J connectivity index is 1.78.